The van der Waals surface area contributed by atoms with Gasteiger partial charge in [-0.25, -0.2) is 0 Å². The summed E-state index contributed by atoms with van der Waals surface area (Å²) in [5, 5.41) is 3.49. The number of rotatable bonds is 4. The number of nitrogens with zero attached hydrogens (tertiary/aromatic N) is 1. The lowest BCUT2D eigenvalue weighted by molar-refractivity contribution is -0.119. The first-order valence-electron chi connectivity index (χ1n) is 7.06. The Morgan fingerprint density at radius 3 is 2.67 bits per heavy atom. The Bertz CT molecular complexity index is 542. The Balaban J connectivity index is 1.94. The van der Waals surface area contributed by atoms with Gasteiger partial charge in [-0.05, 0) is 37.0 Å². The molecule has 0 radical (unpaired) electrons. The molecule has 1 fully saturated rings. The van der Waals surface area contributed by atoms with Crippen LogP contribution in [0.25, 0.3) is 0 Å². The molecule has 1 aliphatic rings. The van der Waals surface area contributed by atoms with Crippen LogP contribution in [0.3, 0.4) is 0 Å². The first-order chi connectivity index (χ1) is 9.97. The molecule has 0 atom stereocenters. The first-order valence-corrected chi connectivity index (χ1v) is 7.84. The standard InChI is InChI=1S/C15H20ClN3OS/c1-10(20)18-9-11-4-6-19(7-5-11)12-2-3-13(15(17)21)14(16)8-12/h2-3,8,11H,4-7,9H2,1H3,(H2,17,21)(H,18,20). The molecule has 1 aromatic rings. The normalized spacial score (nSPS) is 15.8. The highest BCUT2D eigenvalue weighted by Crippen LogP contribution is 2.27. The Hall–Kier alpha value is -1.33. The summed E-state index contributed by atoms with van der Waals surface area (Å²) in [6, 6.07) is 5.81. The zero-order valence-corrected chi connectivity index (χ0v) is 13.6. The third-order valence-corrected chi connectivity index (χ3v) is 4.37. The summed E-state index contributed by atoms with van der Waals surface area (Å²) in [5.41, 5.74) is 7.43. The fourth-order valence-electron chi connectivity index (χ4n) is 2.58. The lowest BCUT2D eigenvalue weighted by Gasteiger charge is -2.33. The third kappa shape index (κ3) is 4.32. The Morgan fingerprint density at radius 2 is 2.14 bits per heavy atom. The van der Waals surface area contributed by atoms with E-state index in [0.717, 1.165) is 43.7 Å². The topological polar surface area (TPSA) is 58.4 Å². The summed E-state index contributed by atoms with van der Waals surface area (Å²) >= 11 is 11.2. The van der Waals surface area contributed by atoms with Crippen molar-refractivity contribution in [3.63, 3.8) is 0 Å². The fourth-order valence-corrected chi connectivity index (χ4v) is 3.09. The van der Waals surface area contributed by atoms with Crippen LogP contribution in [0.4, 0.5) is 5.69 Å². The molecule has 6 heteroatoms. The minimum absolute atomic E-state index is 0.0394. The Kier molecular flexibility index (Phi) is 5.42. The molecule has 0 aliphatic carbocycles. The maximum atomic E-state index is 10.9. The highest BCUT2D eigenvalue weighted by Gasteiger charge is 2.20. The average Bonchev–Trinajstić information content (AvgIpc) is 2.45. The zero-order valence-electron chi connectivity index (χ0n) is 12.1. The highest BCUT2D eigenvalue weighted by molar-refractivity contribution is 7.80. The molecule has 0 spiro atoms. The van der Waals surface area contributed by atoms with E-state index in [9.17, 15) is 4.79 Å². The van der Waals surface area contributed by atoms with E-state index in [2.05, 4.69) is 10.2 Å². The van der Waals surface area contributed by atoms with Crippen LogP contribution in [0, 0.1) is 5.92 Å². The molecular formula is C15H20ClN3OS. The van der Waals surface area contributed by atoms with Crippen LogP contribution < -0.4 is 16.0 Å². The number of carbonyl (C=O) groups excluding carboxylic acids is 1. The SMILES string of the molecule is CC(=O)NCC1CCN(c2ccc(C(N)=S)c(Cl)c2)CC1. The Labute approximate surface area is 135 Å². The van der Waals surface area contributed by atoms with E-state index < -0.39 is 0 Å². The van der Waals surface area contributed by atoms with Crippen molar-refractivity contribution in [2.24, 2.45) is 11.7 Å². The number of thiocarbonyl (C=S) groups is 1. The van der Waals surface area contributed by atoms with Gasteiger partial charge in [-0.1, -0.05) is 23.8 Å². The van der Waals surface area contributed by atoms with Gasteiger partial charge in [0.05, 0.1) is 5.02 Å². The van der Waals surface area contributed by atoms with Gasteiger partial charge >= 0.3 is 0 Å². The number of nitrogens with one attached hydrogen (secondary N) is 1. The quantitative estimate of drug-likeness (QED) is 0.834. The summed E-state index contributed by atoms with van der Waals surface area (Å²) in [4.78, 5) is 13.6. The zero-order chi connectivity index (χ0) is 15.4. The van der Waals surface area contributed by atoms with Crippen molar-refractivity contribution in [1.29, 1.82) is 0 Å². The second-order valence-electron chi connectivity index (χ2n) is 5.40. The molecular weight excluding hydrogens is 306 g/mol. The average molecular weight is 326 g/mol. The van der Waals surface area contributed by atoms with Crippen molar-refractivity contribution in [2.45, 2.75) is 19.8 Å². The number of hydrogen-bond acceptors (Lipinski definition) is 3. The minimum atomic E-state index is 0.0394. The number of nitrogens with two attached hydrogens (primary N) is 1. The van der Waals surface area contributed by atoms with Crippen LogP contribution in [0.2, 0.25) is 5.02 Å². The molecule has 1 heterocycles. The summed E-state index contributed by atoms with van der Waals surface area (Å²) in [7, 11) is 0. The minimum Gasteiger partial charge on any atom is -0.389 e. The van der Waals surface area contributed by atoms with E-state index >= 15 is 0 Å². The van der Waals surface area contributed by atoms with Crippen LogP contribution >= 0.6 is 23.8 Å². The molecule has 1 amide bonds. The maximum absolute atomic E-state index is 10.9. The smallest absolute Gasteiger partial charge is 0.216 e. The molecule has 1 saturated heterocycles. The van der Waals surface area contributed by atoms with E-state index in [1.54, 1.807) is 6.92 Å². The van der Waals surface area contributed by atoms with Crippen molar-refractivity contribution in [1.82, 2.24) is 5.32 Å². The van der Waals surface area contributed by atoms with Gasteiger partial charge in [0.15, 0.2) is 0 Å². The molecule has 3 N–H and O–H groups in total. The third-order valence-electron chi connectivity index (χ3n) is 3.84. The summed E-state index contributed by atoms with van der Waals surface area (Å²) in [5.74, 6) is 0.592. The van der Waals surface area contributed by atoms with E-state index in [1.807, 2.05) is 18.2 Å². The van der Waals surface area contributed by atoms with Crippen molar-refractivity contribution in [3.05, 3.63) is 28.8 Å². The Morgan fingerprint density at radius 1 is 1.48 bits per heavy atom. The second kappa shape index (κ2) is 7.09. The van der Waals surface area contributed by atoms with E-state index in [0.29, 0.717) is 15.9 Å². The van der Waals surface area contributed by atoms with Gasteiger partial charge in [0.25, 0.3) is 0 Å². The summed E-state index contributed by atoms with van der Waals surface area (Å²) < 4.78 is 0. The molecule has 4 nitrogen and oxygen atoms in total. The van der Waals surface area contributed by atoms with Crippen molar-refractivity contribution in [2.75, 3.05) is 24.5 Å². The maximum Gasteiger partial charge on any atom is 0.216 e. The van der Waals surface area contributed by atoms with Gasteiger partial charge in [-0.15, -0.1) is 0 Å². The number of anilines is 1. The molecule has 2 rings (SSSR count). The number of amides is 1. The lowest BCUT2D eigenvalue weighted by Crippen LogP contribution is -2.38. The van der Waals surface area contributed by atoms with Crippen LogP contribution in [-0.4, -0.2) is 30.5 Å². The van der Waals surface area contributed by atoms with Crippen LogP contribution in [0.5, 0.6) is 0 Å². The molecule has 1 aromatic carbocycles. The van der Waals surface area contributed by atoms with Gasteiger partial charge in [-0.3, -0.25) is 4.79 Å². The van der Waals surface area contributed by atoms with Gasteiger partial charge in [-0.2, -0.15) is 0 Å². The highest BCUT2D eigenvalue weighted by atomic mass is 35.5. The molecule has 0 saturated carbocycles. The molecule has 0 bridgehead atoms. The fraction of sp³-hybridized carbons (Fsp3) is 0.467. The number of halogens is 1. The molecule has 21 heavy (non-hydrogen) atoms. The van der Waals surface area contributed by atoms with Crippen molar-refractivity contribution < 1.29 is 4.79 Å². The monoisotopic (exact) mass is 325 g/mol. The molecule has 0 unspecified atom stereocenters. The largest absolute Gasteiger partial charge is 0.389 e. The predicted molar refractivity (Wildman–Crippen MR) is 91.0 cm³/mol. The lowest BCUT2D eigenvalue weighted by atomic mass is 9.96. The van der Waals surface area contributed by atoms with E-state index in [1.165, 1.54) is 0 Å². The van der Waals surface area contributed by atoms with Gasteiger partial charge in [0, 0.05) is 37.8 Å². The van der Waals surface area contributed by atoms with Gasteiger partial charge in [0.2, 0.25) is 5.91 Å². The van der Waals surface area contributed by atoms with Crippen LogP contribution in [0.15, 0.2) is 18.2 Å². The number of carbonyl (C=O) groups is 1. The van der Waals surface area contributed by atoms with E-state index in [4.69, 9.17) is 29.6 Å². The number of piperidine rings is 1. The van der Waals surface area contributed by atoms with Gasteiger partial charge < -0.3 is 16.0 Å². The van der Waals surface area contributed by atoms with Gasteiger partial charge in [0.1, 0.15) is 4.99 Å². The van der Waals surface area contributed by atoms with Crippen LogP contribution in [-0.2, 0) is 4.79 Å². The number of benzene rings is 1. The molecule has 1 aliphatic heterocycles. The van der Waals surface area contributed by atoms with Crippen molar-refractivity contribution in [3.8, 4) is 0 Å². The van der Waals surface area contributed by atoms with Crippen molar-refractivity contribution >= 4 is 40.4 Å². The van der Waals surface area contributed by atoms with E-state index in [-0.39, 0.29) is 5.91 Å². The summed E-state index contributed by atoms with van der Waals surface area (Å²) in [6.45, 7) is 4.25. The summed E-state index contributed by atoms with van der Waals surface area (Å²) in [6.07, 6.45) is 2.13. The molecule has 114 valence electrons. The number of hydrogen-bond donors (Lipinski definition) is 2. The predicted octanol–water partition coefficient (Wildman–Crippen LogP) is 2.33. The van der Waals surface area contributed by atoms with Crippen LogP contribution in [0.1, 0.15) is 25.3 Å². The first kappa shape index (κ1) is 16.0. The second-order valence-corrected chi connectivity index (χ2v) is 6.24. The molecule has 0 aromatic heterocycles.